The number of amides is 1. The van der Waals surface area contributed by atoms with Crippen LogP contribution < -0.4 is 5.43 Å². The number of carbonyl (C=O) groups excluding carboxylic acids is 1. The van der Waals surface area contributed by atoms with Crippen LogP contribution in [0.5, 0.6) is 0 Å². The molecule has 26 heavy (non-hydrogen) atoms. The van der Waals surface area contributed by atoms with E-state index in [-0.39, 0.29) is 5.82 Å². The summed E-state index contributed by atoms with van der Waals surface area (Å²) in [4.78, 5) is 12.5. The predicted molar refractivity (Wildman–Crippen MR) is 95.7 cm³/mol. The van der Waals surface area contributed by atoms with E-state index in [2.05, 4.69) is 15.6 Å². The highest BCUT2D eigenvalue weighted by Gasteiger charge is 2.24. The van der Waals surface area contributed by atoms with Crippen LogP contribution in [0.3, 0.4) is 0 Å². The SMILES string of the molecule is CCc1nnc(C(O)c2ccccc2)n1NC(=O)C(O)c1ccccc1. The van der Waals surface area contributed by atoms with Gasteiger partial charge in [0.2, 0.25) is 0 Å². The fourth-order valence-corrected chi connectivity index (χ4v) is 2.60. The van der Waals surface area contributed by atoms with E-state index in [0.29, 0.717) is 23.4 Å². The van der Waals surface area contributed by atoms with Crippen molar-refractivity contribution in [3.05, 3.63) is 83.4 Å². The Balaban J connectivity index is 1.87. The van der Waals surface area contributed by atoms with Crippen molar-refractivity contribution in [3.8, 4) is 0 Å². The van der Waals surface area contributed by atoms with Gasteiger partial charge in [-0.2, -0.15) is 0 Å². The molecule has 0 saturated heterocycles. The molecule has 2 unspecified atom stereocenters. The molecule has 2 atom stereocenters. The van der Waals surface area contributed by atoms with Gasteiger partial charge in [0.1, 0.15) is 6.10 Å². The number of nitrogens with zero attached hydrogens (tertiary/aromatic N) is 3. The lowest BCUT2D eigenvalue weighted by Crippen LogP contribution is -2.31. The van der Waals surface area contributed by atoms with Crippen LogP contribution >= 0.6 is 0 Å². The van der Waals surface area contributed by atoms with Gasteiger partial charge in [0.15, 0.2) is 17.8 Å². The zero-order valence-corrected chi connectivity index (χ0v) is 14.3. The molecule has 2 aromatic carbocycles. The number of carbonyl (C=O) groups is 1. The van der Waals surface area contributed by atoms with Gasteiger partial charge in [-0.3, -0.25) is 10.2 Å². The summed E-state index contributed by atoms with van der Waals surface area (Å²) in [6.07, 6.45) is -1.90. The van der Waals surface area contributed by atoms with Crippen LogP contribution in [0, 0.1) is 0 Å². The van der Waals surface area contributed by atoms with Crippen molar-refractivity contribution in [2.24, 2.45) is 0 Å². The van der Waals surface area contributed by atoms with Gasteiger partial charge in [-0.15, -0.1) is 10.2 Å². The highest BCUT2D eigenvalue weighted by atomic mass is 16.3. The van der Waals surface area contributed by atoms with Gasteiger partial charge in [-0.05, 0) is 11.1 Å². The fraction of sp³-hybridized carbons (Fsp3) is 0.211. The van der Waals surface area contributed by atoms with Gasteiger partial charge in [0.25, 0.3) is 5.91 Å². The van der Waals surface area contributed by atoms with E-state index in [1.165, 1.54) is 4.68 Å². The quantitative estimate of drug-likeness (QED) is 0.627. The third kappa shape index (κ3) is 3.63. The minimum atomic E-state index is -1.34. The molecular formula is C19H20N4O3. The van der Waals surface area contributed by atoms with Crippen molar-refractivity contribution in [3.63, 3.8) is 0 Å². The van der Waals surface area contributed by atoms with Crippen molar-refractivity contribution in [1.29, 1.82) is 0 Å². The zero-order valence-electron chi connectivity index (χ0n) is 14.3. The maximum atomic E-state index is 12.5. The van der Waals surface area contributed by atoms with Gasteiger partial charge in [0, 0.05) is 6.42 Å². The highest BCUT2D eigenvalue weighted by Crippen LogP contribution is 2.21. The molecule has 0 bridgehead atoms. The van der Waals surface area contributed by atoms with Crippen LogP contribution in [0.4, 0.5) is 0 Å². The number of aryl methyl sites for hydroxylation is 1. The average molecular weight is 352 g/mol. The molecule has 3 rings (SSSR count). The minimum Gasteiger partial charge on any atom is -0.380 e. The Kier molecular flexibility index (Phi) is 5.40. The summed E-state index contributed by atoms with van der Waals surface area (Å²) < 4.78 is 1.34. The number of benzene rings is 2. The molecule has 0 aliphatic heterocycles. The molecule has 0 aliphatic carbocycles. The number of nitrogens with one attached hydrogen (secondary N) is 1. The van der Waals surface area contributed by atoms with Crippen LogP contribution in [0.25, 0.3) is 0 Å². The van der Waals surface area contributed by atoms with Crippen LogP contribution in [-0.4, -0.2) is 31.0 Å². The number of rotatable bonds is 6. The first-order chi connectivity index (χ1) is 12.6. The largest absolute Gasteiger partial charge is 0.380 e. The van der Waals surface area contributed by atoms with E-state index in [4.69, 9.17) is 0 Å². The normalized spacial score (nSPS) is 13.2. The van der Waals surface area contributed by atoms with Crippen molar-refractivity contribution in [2.75, 3.05) is 5.43 Å². The predicted octanol–water partition coefficient (Wildman–Crippen LogP) is 1.73. The smallest absolute Gasteiger partial charge is 0.272 e. The van der Waals surface area contributed by atoms with Crippen molar-refractivity contribution in [2.45, 2.75) is 25.6 Å². The summed E-state index contributed by atoms with van der Waals surface area (Å²) >= 11 is 0. The lowest BCUT2D eigenvalue weighted by Gasteiger charge is -2.17. The summed E-state index contributed by atoms with van der Waals surface area (Å²) in [5.74, 6) is 0.0254. The third-order valence-electron chi connectivity index (χ3n) is 4.02. The van der Waals surface area contributed by atoms with Crippen LogP contribution in [-0.2, 0) is 11.2 Å². The second-order valence-corrected chi connectivity index (χ2v) is 5.77. The summed E-state index contributed by atoms with van der Waals surface area (Å²) in [6.45, 7) is 1.86. The van der Waals surface area contributed by atoms with E-state index in [0.717, 1.165) is 0 Å². The molecule has 7 nitrogen and oxygen atoms in total. The lowest BCUT2D eigenvalue weighted by atomic mass is 10.1. The topological polar surface area (TPSA) is 100 Å². The average Bonchev–Trinajstić information content (AvgIpc) is 3.10. The first kappa shape index (κ1) is 17.8. The summed E-state index contributed by atoms with van der Waals surface area (Å²) in [6, 6.07) is 17.6. The number of hydrogen-bond donors (Lipinski definition) is 3. The minimum absolute atomic E-state index is 0.182. The molecule has 3 aromatic rings. The Bertz CT molecular complexity index is 865. The van der Waals surface area contributed by atoms with E-state index in [1.54, 1.807) is 54.6 Å². The van der Waals surface area contributed by atoms with Gasteiger partial charge < -0.3 is 10.2 Å². The number of aliphatic hydroxyl groups is 2. The Labute approximate surface area is 150 Å². The monoisotopic (exact) mass is 352 g/mol. The van der Waals surface area contributed by atoms with Gasteiger partial charge in [-0.1, -0.05) is 67.6 Å². The zero-order chi connectivity index (χ0) is 18.5. The number of hydrogen-bond acceptors (Lipinski definition) is 5. The first-order valence-corrected chi connectivity index (χ1v) is 8.33. The fourth-order valence-electron chi connectivity index (χ4n) is 2.60. The summed E-state index contributed by atoms with van der Waals surface area (Å²) in [7, 11) is 0. The molecule has 0 radical (unpaired) electrons. The summed E-state index contributed by atoms with van der Waals surface area (Å²) in [5.41, 5.74) is 3.70. The van der Waals surface area contributed by atoms with Crippen molar-refractivity contribution < 1.29 is 15.0 Å². The summed E-state index contributed by atoms with van der Waals surface area (Å²) in [5, 5.41) is 28.9. The van der Waals surface area contributed by atoms with Crippen LogP contribution in [0.1, 0.15) is 41.9 Å². The van der Waals surface area contributed by atoms with Crippen molar-refractivity contribution >= 4 is 5.91 Å². The third-order valence-corrected chi connectivity index (χ3v) is 4.02. The maximum Gasteiger partial charge on any atom is 0.272 e. The van der Waals surface area contributed by atoms with Gasteiger partial charge in [0.05, 0.1) is 0 Å². The van der Waals surface area contributed by atoms with E-state index >= 15 is 0 Å². The molecule has 3 N–H and O–H groups in total. The van der Waals surface area contributed by atoms with Crippen molar-refractivity contribution in [1.82, 2.24) is 14.9 Å². The molecule has 1 heterocycles. The van der Waals surface area contributed by atoms with E-state index in [1.807, 2.05) is 13.0 Å². The Morgan fingerprint density at radius 2 is 1.58 bits per heavy atom. The Morgan fingerprint density at radius 3 is 2.15 bits per heavy atom. The Hall–Kier alpha value is -3.03. The molecule has 134 valence electrons. The second kappa shape index (κ2) is 7.90. The molecule has 1 aromatic heterocycles. The standard InChI is InChI=1S/C19H20N4O3/c1-2-15-20-21-18(16(24)13-9-5-3-6-10-13)23(15)22-19(26)17(25)14-11-7-4-8-12-14/h3-12,16-17,24-25H,2H2,1H3,(H,22,26). The maximum absolute atomic E-state index is 12.5. The molecule has 0 aliphatic rings. The molecule has 1 amide bonds. The second-order valence-electron chi connectivity index (χ2n) is 5.77. The van der Waals surface area contributed by atoms with Gasteiger partial charge >= 0.3 is 0 Å². The first-order valence-electron chi connectivity index (χ1n) is 8.33. The lowest BCUT2D eigenvalue weighted by molar-refractivity contribution is -0.125. The van der Waals surface area contributed by atoms with Crippen LogP contribution in [0.15, 0.2) is 60.7 Å². The van der Waals surface area contributed by atoms with Crippen LogP contribution in [0.2, 0.25) is 0 Å². The molecule has 0 spiro atoms. The Morgan fingerprint density at radius 1 is 1.00 bits per heavy atom. The van der Waals surface area contributed by atoms with Gasteiger partial charge in [-0.25, -0.2) is 4.68 Å². The highest BCUT2D eigenvalue weighted by molar-refractivity contribution is 5.88. The van der Waals surface area contributed by atoms with E-state index in [9.17, 15) is 15.0 Å². The number of aromatic nitrogens is 3. The molecular weight excluding hydrogens is 332 g/mol. The number of aliphatic hydroxyl groups excluding tert-OH is 2. The molecule has 0 saturated carbocycles. The molecule has 7 heteroatoms. The van der Waals surface area contributed by atoms with E-state index < -0.39 is 18.1 Å². The molecule has 0 fully saturated rings.